The lowest BCUT2D eigenvalue weighted by Crippen LogP contribution is -2.36. The number of carbonyl (C=O) groups excluding carboxylic acids is 1. The molecule has 0 bridgehead atoms. The Morgan fingerprint density at radius 3 is 2.43 bits per heavy atom. The van der Waals surface area contributed by atoms with Crippen molar-refractivity contribution in [2.45, 2.75) is 23.8 Å². The van der Waals surface area contributed by atoms with E-state index < -0.39 is 26.7 Å². The molecule has 0 aliphatic carbocycles. The number of hydrogen-bond donors (Lipinski definition) is 2. The molecule has 0 unspecified atom stereocenters. The summed E-state index contributed by atoms with van der Waals surface area (Å²) in [6.07, 6.45) is 0.579. The summed E-state index contributed by atoms with van der Waals surface area (Å²) in [5.74, 6) is -0.365. The zero-order valence-corrected chi connectivity index (χ0v) is 16.1. The molecule has 0 aliphatic heterocycles. The SMILES string of the molecule is CN(CCC[C@H](N)C(=O)Nc1ccccc1)S(=O)(=O)c1ccccc1[N+](=O)[O-]. The molecule has 3 N–H and O–H groups in total. The monoisotopic (exact) mass is 406 g/mol. The second-order valence-corrected chi connectivity index (χ2v) is 8.17. The first-order valence-corrected chi connectivity index (χ1v) is 9.98. The lowest BCUT2D eigenvalue weighted by Gasteiger charge is -2.18. The van der Waals surface area contributed by atoms with E-state index in [4.69, 9.17) is 5.73 Å². The summed E-state index contributed by atoms with van der Waals surface area (Å²) in [6.45, 7) is 0.0701. The van der Waals surface area contributed by atoms with Crippen LogP contribution in [0.2, 0.25) is 0 Å². The molecule has 10 heteroatoms. The maximum Gasteiger partial charge on any atom is 0.289 e. The molecule has 2 rings (SSSR count). The van der Waals surface area contributed by atoms with Crippen molar-refractivity contribution in [2.24, 2.45) is 5.73 Å². The van der Waals surface area contributed by atoms with E-state index in [2.05, 4.69) is 5.32 Å². The highest BCUT2D eigenvalue weighted by molar-refractivity contribution is 7.89. The minimum Gasteiger partial charge on any atom is -0.325 e. The highest BCUT2D eigenvalue weighted by Gasteiger charge is 2.29. The first kappa shape index (κ1) is 21.5. The minimum absolute atomic E-state index is 0.0701. The van der Waals surface area contributed by atoms with Gasteiger partial charge in [0.25, 0.3) is 5.69 Å². The van der Waals surface area contributed by atoms with Crippen LogP contribution in [0.5, 0.6) is 0 Å². The Bertz CT molecular complexity index is 934. The van der Waals surface area contributed by atoms with Crippen LogP contribution < -0.4 is 11.1 Å². The standard InChI is InChI=1S/C18H22N4O5S/c1-21(28(26,27)17-12-6-5-11-16(17)22(24)25)13-7-10-15(19)18(23)20-14-8-3-2-4-9-14/h2-6,8-9,11-12,15H,7,10,13,19H2,1H3,(H,20,23)/t15-/m0/s1. The number of carbonyl (C=O) groups is 1. The predicted octanol–water partition coefficient (Wildman–Crippen LogP) is 1.96. The molecule has 0 spiro atoms. The predicted molar refractivity (Wildman–Crippen MR) is 105 cm³/mol. The van der Waals surface area contributed by atoms with Crippen LogP contribution in [-0.2, 0) is 14.8 Å². The van der Waals surface area contributed by atoms with Crippen LogP contribution in [0.3, 0.4) is 0 Å². The van der Waals surface area contributed by atoms with Gasteiger partial charge >= 0.3 is 0 Å². The molecule has 9 nitrogen and oxygen atoms in total. The van der Waals surface area contributed by atoms with E-state index in [0.29, 0.717) is 12.1 Å². The Morgan fingerprint density at radius 1 is 1.18 bits per heavy atom. The van der Waals surface area contributed by atoms with Crippen molar-refractivity contribution in [2.75, 3.05) is 18.9 Å². The summed E-state index contributed by atoms with van der Waals surface area (Å²) in [5.41, 5.74) is 6.01. The molecule has 0 saturated heterocycles. The Labute approximate surface area is 163 Å². The maximum atomic E-state index is 12.6. The Balaban J connectivity index is 1.93. The molecule has 0 saturated carbocycles. The van der Waals surface area contributed by atoms with Gasteiger partial charge in [-0.3, -0.25) is 14.9 Å². The van der Waals surface area contributed by atoms with E-state index >= 15 is 0 Å². The molecule has 150 valence electrons. The zero-order chi connectivity index (χ0) is 20.7. The van der Waals surface area contributed by atoms with E-state index in [1.807, 2.05) is 6.07 Å². The topological polar surface area (TPSA) is 136 Å². The number of hydrogen-bond acceptors (Lipinski definition) is 6. The largest absolute Gasteiger partial charge is 0.325 e. The molecule has 2 aromatic rings. The number of anilines is 1. The van der Waals surface area contributed by atoms with E-state index in [1.165, 1.54) is 25.2 Å². The van der Waals surface area contributed by atoms with Crippen LogP contribution in [0, 0.1) is 10.1 Å². The number of nitrogens with one attached hydrogen (secondary N) is 1. The summed E-state index contributed by atoms with van der Waals surface area (Å²) in [4.78, 5) is 22.1. The van der Waals surface area contributed by atoms with E-state index in [9.17, 15) is 23.3 Å². The minimum atomic E-state index is -4.03. The van der Waals surface area contributed by atoms with Crippen LogP contribution in [0.25, 0.3) is 0 Å². The number of benzene rings is 2. The van der Waals surface area contributed by atoms with Crippen molar-refractivity contribution in [1.29, 1.82) is 0 Å². The molecule has 0 heterocycles. The molecule has 2 aromatic carbocycles. The maximum absolute atomic E-state index is 12.6. The lowest BCUT2D eigenvalue weighted by atomic mass is 10.1. The van der Waals surface area contributed by atoms with Crippen molar-refractivity contribution < 1.29 is 18.1 Å². The third kappa shape index (κ3) is 5.35. The van der Waals surface area contributed by atoms with Crippen molar-refractivity contribution >= 4 is 27.3 Å². The second-order valence-electron chi connectivity index (χ2n) is 6.16. The Morgan fingerprint density at radius 2 is 1.79 bits per heavy atom. The van der Waals surface area contributed by atoms with Crippen LogP contribution >= 0.6 is 0 Å². The summed E-state index contributed by atoms with van der Waals surface area (Å²) in [6, 6.07) is 13.2. The number of sulfonamides is 1. The van der Waals surface area contributed by atoms with E-state index in [1.54, 1.807) is 24.3 Å². The lowest BCUT2D eigenvalue weighted by molar-refractivity contribution is -0.387. The average molecular weight is 406 g/mol. The second kappa shape index (κ2) is 9.40. The van der Waals surface area contributed by atoms with Gasteiger partial charge in [0.1, 0.15) is 0 Å². The number of para-hydroxylation sites is 2. The molecule has 1 amide bonds. The van der Waals surface area contributed by atoms with E-state index in [-0.39, 0.29) is 23.8 Å². The summed E-state index contributed by atoms with van der Waals surface area (Å²) < 4.78 is 26.3. The zero-order valence-electron chi connectivity index (χ0n) is 15.3. The number of nitro benzene ring substituents is 1. The van der Waals surface area contributed by atoms with Gasteiger partial charge in [-0.25, -0.2) is 12.7 Å². The fourth-order valence-corrected chi connectivity index (χ4v) is 3.90. The van der Waals surface area contributed by atoms with Crippen LogP contribution in [-0.4, -0.2) is 43.2 Å². The Kier molecular flexibility index (Phi) is 7.21. The third-order valence-electron chi connectivity index (χ3n) is 4.12. The fraction of sp³-hybridized carbons (Fsp3) is 0.278. The average Bonchev–Trinajstić information content (AvgIpc) is 2.68. The van der Waals surface area contributed by atoms with Crippen molar-refractivity contribution in [3.05, 3.63) is 64.7 Å². The van der Waals surface area contributed by atoms with Gasteiger partial charge in [-0.15, -0.1) is 0 Å². The smallest absolute Gasteiger partial charge is 0.289 e. The highest BCUT2D eigenvalue weighted by Crippen LogP contribution is 2.25. The molecule has 0 radical (unpaired) electrons. The first-order valence-electron chi connectivity index (χ1n) is 8.54. The van der Waals surface area contributed by atoms with E-state index in [0.717, 1.165) is 10.4 Å². The number of amides is 1. The molecular formula is C18H22N4O5S. The molecule has 28 heavy (non-hydrogen) atoms. The Hall–Kier alpha value is -2.82. The van der Waals surface area contributed by atoms with Gasteiger partial charge in [-0.2, -0.15) is 0 Å². The molecule has 0 fully saturated rings. The summed E-state index contributed by atoms with van der Waals surface area (Å²) in [5, 5.41) is 13.8. The van der Waals surface area contributed by atoms with Gasteiger partial charge < -0.3 is 11.1 Å². The molecule has 1 atom stereocenters. The van der Waals surface area contributed by atoms with Crippen molar-refractivity contribution in [3.63, 3.8) is 0 Å². The molecular weight excluding hydrogens is 384 g/mol. The normalized spacial score (nSPS) is 12.5. The quantitative estimate of drug-likeness (QED) is 0.483. The van der Waals surface area contributed by atoms with Gasteiger partial charge in [0.2, 0.25) is 15.9 Å². The number of nitrogens with zero attached hydrogens (tertiary/aromatic N) is 2. The molecule has 0 aromatic heterocycles. The molecule has 0 aliphatic rings. The number of nitro groups is 1. The first-order chi connectivity index (χ1) is 13.2. The summed E-state index contributed by atoms with van der Waals surface area (Å²) >= 11 is 0. The van der Waals surface area contributed by atoms with Gasteiger partial charge in [0.05, 0.1) is 11.0 Å². The van der Waals surface area contributed by atoms with Gasteiger partial charge in [-0.1, -0.05) is 30.3 Å². The van der Waals surface area contributed by atoms with Crippen LogP contribution in [0.1, 0.15) is 12.8 Å². The van der Waals surface area contributed by atoms with Crippen LogP contribution in [0.15, 0.2) is 59.5 Å². The van der Waals surface area contributed by atoms with Crippen LogP contribution in [0.4, 0.5) is 11.4 Å². The third-order valence-corrected chi connectivity index (χ3v) is 6.02. The highest BCUT2D eigenvalue weighted by atomic mass is 32.2. The number of nitrogens with two attached hydrogens (primary N) is 1. The number of rotatable bonds is 9. The van der Waals surface area contributed by atoms with Gasteiger partial charge in [0.15, 0.2) is 4.90 Å². The van der Waals surface area contributed by atoms with Gasteiger partial charge in [-0.05, 0) is 31.0 Å². The van der Waals surface area contributed by atoms with Crippen molar-refractivity contribution in [3.8, 4) is 0 Å². The van der Waals surface area contributed by atoms with Crippen molar-refractivity contribution in [1.82, 2.24) is 4.31 Å². The summed E-state index contributed by atoms with van der Waals surface area (Å²) in [7, 11) is -2.70. The fourth-order valence-electron chi connectivity index (χ4n) is 2.54. The van der Waals surface area contributed by atoms with Gasteiger partial charge in [0, 0.05) is 25.3 Å².